The van der Waals surface area contributed by atoms with E-state index in [-0.39, 0.29) is 0 Å². The molecular weight excluding hydrogens is 154 g/mol. The summed E-state index contributed by atoms with van der Waals surface area (Å²) in [6.07, 6.45) is 4.75. The van der Waals surface area contributed by atoms with Gasteiger partial charge in [0.15, 0.2) is 0 Å². The topological polar surface area (TPSA) is 12.0 Å². The van der Waals surface area contributed by atoms with Crippen molar-refractivity contribution in [1.29, 1.82) is 0 Å². The van der Waals surface area contributed by atoms with E-state index in [4.69, 9.17) is 0 Å². The van der Waals surface area contributed by atoms with Crippen LogP contribution < -0.4 is 5.32 Å². The molecule has 1 atom stereocenters. The summed E-state index contributed by atoms with van der Waals surface area (Å²) in [5, 5.41) is 3.46. The molecular formula is C9H21NS. The average molecular weight is 175 g/mol. The van der Waals surface area contributed by atoms with Crippen LogP contribution in [0.2, 0.25) is 0 Å². The Labute approximate surface area is 75.3 Å². The van der Waals surface area contributed by atoms with Gasteiger partial charge in [-0.2, -0.15) is 11.8 Å². The first kappa shape index (κ1) is 11.3. The molecule has 0 aliphatic carbocycles. The number of rotatable bonds is 7. The van der Waals surface area contributed by atoms with Gasteiger partial charge in [0, 0.05) is 0 Å². The van der Waals surface area contributed by atoms with E-state index in [9.17, 15) is 0 Å². The van der Waals surface area contributed by atoms with Crippen LogP contribution in [0, 0.1) is 5.92 Å². The number of nitrogens with one attached hydrogen (secondary N) is 1. The molecule has 0 saturated heterocycles. The minimum absolute atomic E-state index is 0.837. The summed E-state index contributed by atoms with van der Waals surface area (Å²) < 4.78 is 0. The fourth-order valence-corrected chi connectivity index (χ4v) is 1.27. The van der Waals surface area contributed by atoms with Gasteiger partial charge in [-0.1, -0.05) is 20.3 Å². The quantitative estimate of drug-likeness (QED) is 0.596. The molecule has 1 N–H and O–H groups in total. The van der Waals surface area contributed by atoms with Crippen molar-refractivity contribution < 1.29 is 0 Å². The molecule has 1 nitrogen and oxygen atoms in total. The van der Waals surface area contributed by atoms with Crippen LogP contribution in [0.5, 0.6) is 0 Å². The SMILES string of the molecule is CCC(C)CNCCCSC. The lowest BCUT2D eigenvalue weighted by molar-refractivity contribution is 0.501. The third kappa shape index (κ3) is 8.21. The fraction of sp³-hybridized carbons (Fsp3) is 1.00. The summed E-state index contributed by atoms with van der Waals surface area (Å²) in [6, 6.07) is 0. The van der Waals surface area contributed by atoms with Crippen LogP contribution in [0.4, 0.5) is 0 Å². The maximum Gasteiger partial charge on any atom is -0.00233 e. The molecule has 0 spiro atoms. The zero-order valence-corrected chi connectivity index (χ0v) is 8.84. The molecule has 0 aliphatic rings. The van der Waals surface area contributed by atoms with Gasteiger partial charge in [0.2, 0.25) is 0 Å². The molecule has 0 rings (SSSR count). The van der Waals surface area contributed by atoms with Crippen LogP contribution in [-0.2, 0) is 0 Å². The molecule has 0 aromatic carbocycles. The van der Waals surface area contributed by atoms with Crippen molar-refractivity contribution in [3.8, 4) is 0 Å². The molecule has 68 valence electrons. The second-order valence-electron chi connectivity index (χ2n) is 3.06. The first-order valence-corrected chi connectivity index (χ1v) is 5.90. The highest BCUT2D eigenvalue weighted by molar-refractivity contribution is 7.98. The number of hydrogen-bond acceptors (Lipinski definition) is 2. The van der Waals surface area contributed by atoms with Crippen LogP contribution >= 0.6 is 11.8 Å². The Morgan fingerprint density at radius 1 is 1.45 bits per heavy atom. The predicted octanol–water partition coefficient (Wildman–Crippen LogP) is 2.38. The smallest absolute Gasteiger partial charge is 0.00233 e. The average Bonchev–Trinajstić information content (AvgIpc) is 2.04. The highest BCUT2D eigenvalue weighted by atomic mass is 32.2. The lowest BCUT2D eigenvalue weighted by atomic mass is 10.1. The van der Waals surface area contributed by atoms with Gasteiger partial charge in [-0.15, -0.1) is 0 Å². The third-order valence-electron chi connectivity index (χ3n) is 1.89. The molecule has 0 aromatic heterocycles. The summed E-state index contributed by atoms with van der Waals surface area (Å²) in [7, 11) is 0. The van der Waals surface area contributed by atoms with E-state index in [0.717, 1.165) is 5.92 Å². The van der Waals surface area contributed by atoms with E-state index in [1.807, 2.05) is 11.8 Å². The molecule has 0 bridgehead atoms. The van der Waals surface area contributed by atoms with Crippen LogP contribution in [-0.4, -0.2) is 25.1 Å². The second-order valence-corrected chi connectivity index (χ2v) is 4.05. The third-order valence-corrected chi connectivity index (χ3v) is 2.59. The van der Waals surface area contributed by atoms with Crippen LogP contribution in [0.25, 0.3) is 0 Å². The van der Waals surface area contributed by atoms with Crippen LogP contribution in [0.15, 0.2) is 0 Å². The minimum Gasteiger partial charge on any atom is -0.316 e. The van der Waals surface area contributed by atoms with Gasteiger partial charge in [-0.25, -0.2) is 0 Å². The Kier molecular flexibility index (Phi) is 8.64. The summed E-state index contributed by atoms with van der Waals surface area (Å²) in [6.45, 7) is 6.91. The zero-order chi connectivity index (χ0) is 8.53. The molecule has 11 heavy (non-hydrogen) atoms. The Bertz CT molecular complexity index is 76.0. The van der Waals surface area contributed by atoms with Gasteiger partial charge in [-0.3, -0.25) is 0 Å². The lowest BCUT2D eigenvalue weighted by Crippen LogP contribution is -2.22. The molecule has 1 unspecified atom stereocenters. The Balaban J connectivity index is 2.89. The molecule has 0 aromatic rings. The van der Waals surface area contributed by atoms with E-state index in [1.165, 1.54) is 31.7 Å². The molecule has 0 heterocycles. The highest BCUT2D eigenvalue weighted by Crippen LogP contribution is 1.98. The molecule has 0 amide bonds. The lowest BCUT2D eigenvalue weighted by Gasteiger charge is -2.08. The van der Waals surface area contributed by atoms with Gasteiger partial charge in [0.05, 0.1) is 0 Å². The first-order valence-electron chi connectivity index (χ1n) is 4.50. The van der Waals surface area contributed by atoms with Gasteiger partial charge in [-0.05, 0) is 37.4 Å². The van der Waals surface area contributed by atoms with Crippen molar-refractivity contribution in [3.63, 3.8) is 0 Å². The van der Waals surface area contributed by atoms with Crippen molar-refractivity contribution in [3.05, 3.63) is 0 Å². The first-order chi connectivity index (χ1) is 5.31. The number of thioether (sulfide) groups is 1. The summed E-state index contributed by atoms with van der Waals surface area (Å²) in [5.41, 5.74) is 0. The Hall–Kier alpha value is 0.310. The monoisotopic (exact) mass is 175 g/mol. The number of hydrogen-bond donors (Lipinski definition) is 1. The maximum absolute atomic E-state index is 3.46. The van der Waals surface area contributed by atoms with Crippen molar-refractivity contribution in [2.45, 2.75) is 26.7 Å². The molecule has 2 heteroatoms. The largest absolute Gasteiger partial charge is 0.316 e. The van der Waals surface area contributed by atoms with E-state index in [0.29, 0.717) is 0 Å². The van der Waals surface area contributed by atoms with Gasteiger partial charge in [0.25, 0.3) is 0 Å². The normalized spacial score (nSPS) is 13.4. The van der Waals surface area contributed by atoms with Crippen molar-refractivity contribution >= 4 is 11.8 Å². The minimum atomic E-state index is 0.837. The standard InChI is InChI=1S/C9H21NS/c1-4-9(2)8-10-6-5-7-11-3/h9-10H,4-8H2,1-3H3. The van der Waals surface area contributed by atoms with E-state index < -0.39 is 0 Å². The maximum atomic E-state index is 3.46. The van der Waals surface area contributed by atoms with Crippen molar-refractivity contribution in [2.75, 3.05) is 25.1 Å². The molecule has 0 saturated carbocycles. The molecule has 0 aliphatic heterocycles. The molecule has 0 radical (unpaired) electrons. The van der Waals surface area contributed by atoms with Gasteiger partial charge < -0.3 is 5.32 Å². The van der Waals surface area contributed by atoms with Crippen molar-refractivity contribution in [1.82, 2.24) is 5.32 Å². The highest BCUT2D eigenvalue weighted by Gasteiger charge is 1.95. The predicted molar refractivity (Wildman–Crippen MR) is 55.3 cm³/mol. The van der Waals surface area contributed by atoms with E-state index >= 15 is 0 Å². The zero-order valence-electron chi connectivity index (χ0n) is 8.02. The van der Waals surface area contributed by atoms with E-state index in [2.05, 4.69) is 25.4 Å². The second kappa shape index (κ2) is 8.41. The Morgan fingerprint density at radius 2 is 2.18 bits per heavy atom. The molecule has 0 fully saturated rings. The summed E-state index contributed by atoms with van der Waals surface area (Å²) in [4.78, 5) is 0. The van der Waals surface area contributed by atoms with E-state index in [1.54, 1.807) is 0 Å². The van der Waals surface area contributed by atoms with Gasteiger partial charge >= 0.3 is 0 Å². The fourth-order valence-electron chi connectivity index (χ4n) is 0.834. The summed E-state index contributed by atoms with van der Waals surface area (Å²) >= 11 is 1.93. The Morgan fingerprint density at radius 3 is 2.73 bits per heavy atom. The van der Waals surface area contributed by atoms with Crippen LogP contribution in [0.3, 0.4) is 0 Å². The van der Waals surface area contributed by atoms with Crippen LogP contribution in [0.1, 0.15) is 26.7 Å². The summed E-state index contributed by atoms with van der Waals surface area (Å²) in [5.74, 6) is 2.12. The van der Waals surface area contributed by atoms with Gasteiger partial charge in [0.1, 0.15) is 0 Å². The van der Waals surface area contributed by atoms with Crippen molar-refractivity contribution in [2.24, 2.45) is 5.92 Å².